The predicted molar refractivity (Wildman–Crippen MR) is 78.6 cm³/mol. The fourth-order valence-corrected chi connectivity index (χ4v) is 2.02. The summed E-state index contributed by atoms with van der Waals surface area (Å²) in [5.74, 6) is 0.993. The zero-order valence-corrected chi connectivity index (χ0v) is 11.3. The van der Waals surface area contributed by atoms with Crippen molar-refractivity contribution in [1.29, 1.82) is 0 Å². The number of aromatic hydroxyl groups is 1. The number of unbranched alkanes of at least 4 members (excludes halogenated alkanes) is 2. The molecule has 0 unspecified atom stereocenters. The molecule has 2 aromatic carbocycles. The van der Waals surface area contributed by atoms with E-state index >= 15 is 0 Å². The molecule has 0 aliphatic rings. The van der Waals surface area contributed by atoms with E-state index in [4.69, 9.17) is 4.74 Å². The Labute approximate surface area is 114 Å². The number of rotatable bonds is 6. The summed E-state index contributed by atoms with van der Waals surface area (Å²) in [7, 11) is 0. The first-order chi connectivity index (χ1) is 9.31. The second kappa shape index (κ2) is 6.83. The average molecular weight is 256 g/mol. The monoisotopic (exact) mass is 256 g/mol. The molecule has 0 spiro atoms. The molecule has 1 N–H and O–H groups in total. The van der Waals surface area contributed by atoms with Gasteiger partial charge in [-0.1, -0.05) is 50.1 Å². The van der Waals surface area contributed by atoms with E-state index in [1.165, 1.54) is 12.8 Å². The zero-order chi connectivity index (χ0) is 13.5. The van der Waals surface area contributed by atoms with Crippen molar-refractivity contribution < 1.29 is 9.84 Å². The molecule has 19 heavy (non-hydrogen) atoms. The van der Waals surface area contributed by atoms with Crippen LogP contribution in [0.3, 0.4) is 0 Å². The maximum Gasteiger partial charge on any atom is 0.130 e. The van der Waals surface area contributed by atoms with Crippen molar-refractivity contribution in [2.45, 2.75) is 26.2 Å². The number of benzene rings is 2. The molecular formula is C17H20O2. The second-order valence-electron chi connectivity index (χ2n) is 4.60. The third-order valence-corrected chi connectivity index (χ3v) is 3.06. The highest BCUT2D eigenvalue weighted by molar-refractivity contribution is 5.71. The third-order valence-electron chi connectivity index (χ3n) is 3.06. The minimum atomic E-state index is 0.241. The fourth-order valence-electron chi connectivity index (χ4n) is 2.02. The molecule has 2 heteroatoms. The molecule has 0 fully saturated rings. The Morgan fingerprint density at radius 2 is 1.79 bits per heavy atom. The van der Waals surface area contributed by atoms with E-state index in [2.05, 4.69) is 6.92 Å². The second-order valence-corrected chi connectivity index (χ2v) is 4.60. The third kappa shape index (κ3) is 3.75. The molecule has 2 aromatic rings. The standard InChI is InChI=1S/C17H20O2/c1-2-3-7-12-19-17-13-15(18)10-11-16(17)14-8-5-4-6-9-14/h4-6,8-11,13,18H,2-3,7,12H2,1H3. The van der Waals surface area contributed by atoms with Crippen LogP contribution in [0.2, 0.25) is 0 Å². The van der Waals surface area contributed by atoms with Gasteiger partial charge in [0.15, 0.2) is 0 Å². The van der Waals surface area contributed by atoms with Crippen molar-refractivity contribution in [3.63, 3.8) is 0 Å². The van der Waals surface area contributed by atoms with Gasteiger partial charge in [-0.15, -0.1) is 0 Å². The van der Waals surface area contributed by atoms with Crippen LogP contribution in [-0.2, 0) is 0 Å². The van der Waals surface area contributed by atoms with Crippen LogP contribution in [0.1, 0.15) is 26.2 Å². The Kier molecular flexibility index (Phi) is 4.85. The normalized spacial score (nSPS) is 10.4. The SMILES string of the molecule is CCCCCOc1cc(O)ccc1-c1ccccc1. The van der Waals surface area contributed by atoms with Gasteiger partial charge in [0, 0.05) is 11.6 Å². The highest BCUT2D eigenvalue weighted by Crippen LogP contribution is 2.33. The molecule has 0 amide bonds. The van der Waals surface area contributed by atoms with Crippen LogP contribution in [-0.4, -0.2) is 11.7 Å². The van der Waals surface area contributed by atoms with Crippen LogP contribution in [0, 0.1) is 0 Å². The number of phenols is 1. The topological polar surface area (TPSA) is 29.5 Å². The van der Waals surface area contributed by atoms with E-state index in [-0.39, 0.29) is 5.75 Å². The van der Waals surface area contributed by atoms with Crippen molar-refractivity contribution >= 4 is 0 Å². The van der Waals surface area contributed by atoms with Gasteiger partial charge >= 0.3 is 0 Å². The Morgan fingerprint density at radius 3 is 2.53 bits per heavy atom. The predicted octanol–water partition coefficient (Wildman–Crippen LogP) is 4.63. The maximum absolute atomic E-state index is 9.61. The van der Waals surface area contributed by atoms with Gasteiger partial charge in [-0.05, 0) is 24.1 Å². The number of ether oxygens (including phenoxy) is 1. The lowest BCUT2D eigenvalue weighted by Crippen LogP contribution is -1.98. The lowest BCUT2D eigenvalue weighted by molar-refractivity contribution is 0.306. The lowest BCUT2D eigenvalue weighted by Gasteiger charge is -2.12. The van der Waals surface area contributed by atoms with Crippen LogP contribution < -0.4 is 4.74 Å². The highest BCUT2D eigenvalue weighted by Gasteiger charge is 2.07. The molecule has 0 aliphatic carbocycles. The molecule has 0 aromatic heterocycles. The van der Waals surface area contributed by atoms with Crippen molar-refractivity contribution in [2.24, 2.45) is 0 Å². The Bertz CT molecular complexity index is 506. The Morgan fingerprint density at radius 1 is 1.00 bits per heavy atom. The molecule has 0 saturated carbocycles. The van der Waals surface area contributed by atoms with Gasteiger partial charge in [-0.25, -0.2) is 0 Å². The Hall–Kier alpha value is -1.96. The van der Waals surface area contributed by atoms with Crippen LogP contribution in [0.4, 0.5) is 0 Å². The molecule has 100 valence electrons. The molecular weight excluding hydrogens is 236 g/mol. The van der Waals surface area contributed by atoms with Crippen LogP contribution in [0.25, 0.3) is 11.1 Å². The van der Waals surface area contributed by atoms with Crippen LogP contribution >= 0.6 is 0 Å². The average Bonchev–Trinajstić information content (AvgIpc) is 2.45. The molecule has 0 heterocycles. The molecule has 0 aliphatic heterocycles. The quantitative estimate of drug-likeness (QED) is 0.764. The zero-order valence-electron chi connectivity index (χ0n) is 11.3. The van der Waals surface area contributed by atoms with Gasteiger partial charge in [0.2, 0.25) is 0 Å². The Balaban J connectivity index is 2.18. The van der Waals surface area contributed by atoms with Gasteiger partial charge in [-0.2, -0.15) is 0 Å². The summed E-state index contributed by atoms with van der Waals surface area (Å²) < 4.78 is 5.81. The van der Waals surface area contributed by atoms with Gasteiger partial charge in [0.05, 0.1) is 6.61 Å². The first kappa shape index (κ1) is 13.5. The summed E-state index contributed by atoms with van der Waals surface area (Å²) >= 11 is 0. The molecule has 2 rings (SSSR count). The highest BCUT2D eigenvalue weighted by atomic mass is 16.5. The summed E-state index contributed by atoms with van der Waals surface area (Å²) in [6.07, 6.45) is 3.38. The van der Waals surface area contributed by atoms with Crippen molar-refractivity contribution in [3.05, 3.63) is 48.5 Å². The molecule has 0 atom stereocenters. The molecule has 0 saturated heterocycles. The van der Waals surface area contributed by atoms with Gasteiger partial charge in [-0.3, -0.25) is 0 Å². The lowest BCUT2D eigenvalue weighted by atomic mass is 10.0. The molecule has 2 nitrogen and oxygen atoms in total. The summed E-state index contributed by atoms with van der Waals surface area (Å²) in [4.78, 5) is 0. The summed E-state index contributed by atoms with van der Waals surface area (Å²) in [5, 5.41) is 9.61. The van der Waals surface area contributed by atoms with E-state index in [0.717, 1.165) is 23.3 Å². The number of hydrogen-bond donors (Lipinski definition) is 1. The first-order valence-electron chi connectivity index (χ1n) is 6.82. The minimum absolute atomic E-state index is 0.241. The van der Waals surface area contributed by atoms with Gasteiger partial charge in [0.25, 0.3) is 0 Å². The maximum atomic E-state index is 9.61. The van der Waals surface area contributed by atoms with E-state index in [9.17, 15) is 5.11 Å². The summed E-state index contributed by atoms with van der Waals surface area (Å²) in [6.45, 7) is 2.86. The van der Waals surface area contributed by atoms with Gasteiger partial charge in [0.1, 0.15) is 11.5 Å². The summed E-state index contributed by atoms with van der Waals surface area (Å²) in [5.41, 5.74) is 2.13. The number of hydrogen-bond acceptors (Lipinski definition) is 2. The molecule has 0 radical (unpaired) electrons. The van der Waals surface area contributed by atoms with Crippen molar-refractivity contribution in [1.82, 2.24) is 0 Å². The van der Waals surface area contributed by atoms with E-state index < -0.39 is 0 Å². The first-order valence-corrected chi connectivity index (χ1v) is 6.82. The fraction of sp³-hybridized carbons (Fsp3) is 0.294. The molecule has 0 bridgehead atoms. The largest absolute Gasteiger partial charge is 0.508 e. The van der Waals surface area contributed by atoms with Crippen molar-refractivity contribution in [2.75, 3.05) is 6.61 Å². The minimum Gasteiger partial charge on any atom is -0.508 e. The van der Waals surface area contributed by atoms with Gasteiger partial charge < -0.3 is 9.84 Å². The van der Waals surface area contributed by atoms with E-state index in [0.29, 0.717) is 6.61 Å². The van der Waals surface area contributed by atoms with Crippen LogP contribution in [0.15, 0.2) is 48.5 Å². The van der Waals surface area contributed by atoms with E-state index in [1.807, 2.05) is 36.4 Å². The smallest absolute Gasteiger partial charge is 0.130 e. The van der Waals surface area contributed by atoms with E-state index in [1.54, 1.807) is 12.1 Å². The van der Waals surface area contributed by atoms with Crippen molar-refractivity contribution in [3.8, 4) is 22.6 Å². The number of phenolic OH excluding ortho intramolecular Hbond substituents is 1. The summed E-state index contributed by atoms with van der Waals surface area (Å²) in [6, 6.07) is 15.4. The van der Waals surface area contributed by atoms with Crippen LogP contribution in [0.5, 0.6) is 11.5 Å².